The molecule has 2 unspecified atom stereocenters. The molecule has 0 aliphatic heterocycles. The summed E-state index contributed by atoms with van der Waals surface area (Å²) in [6.07, 6.45) is 2.81. The van der Waals surface area contributed by atoms with Crippen LogP contribution >= 0.6 is 0 Å². The van der Waals surface area contributed by atoms with Gasteiger partial charge in [0.25, 0.3) is 0 Å². The van der Waals surface area contributed by atoms with E-state index in [0.29, 0.717) is 18.8 Å². The lowest BCUT2D eigenvalue weighted by molar-refractivity contribution is -0.146. The predicted molar refractivity (Wildman–Crippen MR) is 81.4 cm³/mol. The number of nitrogens with one attached hydrogen (secondary N) is 1. The van der Waals surface area contributed by atoms with Crippen LogP contribution < -0.4 is 10.2 Å². The highest BCUT2D eigenvalue weighted by Crippen LogP contribution is 2.32. The van der Waals surface area contributed by atoms with Crippen molar-refractivity contribution in [3.05, 3.63) is 30.3 Å². The largest absolute Gasteiger partial charge is 0.480 e. The molecule has 114 valence electrons. The van der Waals surface area contributed by atoms with E-state index in [9.17, 15) is 14.7 Å². The fourth-order valence-corrected chi connectivity index (χ4v) is 2.97. The van der Waals surface area contributed by atoms with Crippen LogP contribution in [0.25, 0.3) is 0 Å². The molecule has 0 spiro atoms. The highest BCUT2D eigenvalue weighted by molar-refractivity contribution is 5.95. The number of anilines is 1. The number of aliphatic carboxylic acids is 1. The van der Waals surface area contributed by atoms with Gasteiger partial charge >= 0.3 is 12.0 Å². The Labute approximate surface area is 125 Å². The van der Waals surface area contributed by atoms with E-state index >= 15 is 0 Å². The van der Waals surface area contributed by atoms with Gasteiger partial charge in [-0.05, 0) is 30.9 Å². The molecule has 2 atom stereocenters. The molecular formula is C16H22N2O3. The van der Waals surface area contributed by atoms with Crippen LogP contribution in [-0.2, 0) is 4.79 Å². The third-order valence-corrected chi connectivity index (χ3v) is 4.20. The molecular weight excluding hydrogens is 268 g/mol. The van der Waals surface area contributed by atoms with Crippen molar-refractivity contribution in [2.24, 2.45) is 5.92 Å². The van der Waals surface area contributed by atoms with Crippen molar-refractivity contribution in [1.82, 2.24) is 5.32 Å². The molecule has 1 saturated carbocycles. The minimum Gasteiger partial charge on any atom is -0.480 e. The number of rotatable bonds is 3. The number of amides is 2. The Morgan fingerprint density at radius 2 is 2.00 bits per heavy atom. The molecule has 0 aromatic heterocycles. The zero-order valence-corrected chi connectivity index (χ0v) is 12.5. The first kappa shape index (κ1) is 15.4. The maximum absolute atomic E-state index is 12.4. The lowest BCUT2D eigenvalue weighted by Gasteiger charge is -2.38. The molecule has 1 aliphatic rings. The van der Waals surface area contributed by atoms with E-state index in [1.54, 1.807) is 7.05 Å². The van der Waals surface area contributed by atoms with Crippen molar-refractivity contribution >= 4 is 17.7 Å². The predicted octanol–water partition coefficient (Wildman–Crippen LogP) is 2.87. The van der Waals surface area contributed by atoms with Crippen LogP contribution in [0.1, 0.15) is 32.6 Å². The first-order valence-electron chi connectivity index (χ1n) is 7.29. The highest BCUT2D eigenvalue weighted by atomic mass is 16.4. The van der Waals surface area contributed by atoms with E-state index in [2.05, 4.69) is 5.32 Å². The van der Waals surface area contributed by atoms with Crippen molar-refractivity contribution in [2.75, 3.05) is 11.9 Å². The Balaban J connectivity index is 2.14. The van der Waals surface area contributed by atoms with Gasteiger partial charge in [0.05, 0.1) is 0 Å². The second-order valence-electron chi connectivity index (χ2n) is 5.91. The molecule has 1 aliphatic carbocycles. The van der Waals surface area contributed by atoms with Crippen molar-refractivity contribution in [3.8, 4) is 0 Å². The molecule has 1 fully saturated rings. The Morgan fingerprint density at radius 1 is 1.33 bits per heavy atom. The van der Waals surface area contributed by atoms with E-state index in [0.717, 1.165) is 18.5 Å². The summed E-state index contributed by atoms with van der Waals surface area (Å²) >= 11 is 0. The molecule has 1 aromatic rings. The molecule has 2 amide bonds. The molecule has 0 heterocycles. The van der Waals surface area contributed by atoms with Gasteiger partial charge in [0, 0.05) is 12.7 Å². The fraction of sp³-hybridized carbons (Fsp3) is 0.500. The van der Waals surface area contributed by atoms with Gasteiger partial charge in [-0.1, -0.05) is 38.0 Å². The summed E-state index contributed by atoms with van der Waals surface area (Å²) < 4.78 is 0. The van der Waals surface area contributed by atoms with Crippen LogP contribution in [0.2, 0.25) is 0 Å². The monoisotopic (exact) mass is 290 g/mol. The zero-order valence-electron chi connectivity index (χ0n) is 12.5. The standard InChI is InChI=1S/C16H22N2O3/c1-12-7-6-10-16(11-12,14(19)20)17-15(21)18(2)13-8-4-3-5-9-13/h3-5,8-9,12H,6-7,10-11H2,1-2H3,(H,17,21)(H,19,20). The second kappa shape index (κ2) is 6.16. The summed E-state index contributed by atoms with van der Waals surface area (Å²) in [6.45, 7) is 2.03. The van der Waals surface area contributed by atoms with E-state index in [1.807, 2.05) is 37.3 Å². The normalized spacial score (nSPS) is 25.1. The first-order chi connectivity index (χ1) is 9.94. The van der Waals surface area contributed by atoms with Gasteiger partial charge in [0.2, 0.25) is 0 Å². The Kier molecular flexibility index (Phi) is 4.50. The van der Waals surface area contributed by atoms with Crippen molar-refractivity contribution in [3.63, 3.8) is 0 Å². The number of para-hydroxylation sites is 1. The van der Waals surface area contributed by atoms with Crippen LogP contribution in [0.4, 0.5) is 10.5 Å². The number of carboxylic acids is 1. The summed E-state index contributed by atoms with van der Waals surface area (Å²) in [4.78, 5) is 25.5. The van der Waals surface area contributed by atoms with Crippen LogP contribution in [0.15, 0.2) is 30.3 Å². The summed E-state index contributed by atoms with van der Waals surface area (Å²) in [7, 11) is 1.65. The molecule has 0 radical (unpaired) electrons. The first-order valence-corrected chi connectivity index (χ1v) is 7.29. The third kappa shape index (κ3) is 3.35. The molecule has 2 N–H and O–H groups in total. The van der Waals surface area contributed by atoms with E-state index in [1.165, 1.54) is 4.90 Å². The van der Waals surface area contributed by atoms with Crippen molar-refractivity contribution < 1.29 is 14.7 Å². The van der Waals surface area contributed by atoms with E-state index in [-0.39, 0.29) is 6.03 Å². The zero-order chi connectivity index (χ0) is 15.5. The lowest BCUT2D eigenvalue weighted by atomic mass is 9.76. The van der Waals surface area contributed by atoms with E-state index < -0.39 is 11.5 Å². The van der Waals surface area contributed by atoms with Gasteiger partial charge in [-0.15, -0.1) is 0 Å². The van der Waals surface area contributed by atoms with Crippen LogP contribution in [0, 0.1) is 5.92 Å². The molecule has 0 saturated heterocycles. The number of carboxylic acid groups (broad SMARTS) is 1. The SMILES string of the molecule is CC1CCCC(NC(=O)N(C)c2ccccc2)(C(=O)O)C1. The number of hydrogen-bond acceptors (Lipinski definition) is 2. The summed E-state index contributed by atoms with van der Waals surface area (Å²) in [5.41, 5.74) is -0.406. The van der Waals surface area contributed by atoms with Crippen LogP contribution in [0.3, 0.4) is 0 Å². The van der Waals surface area contributed by atoms with Gasteiger partial charge in [-0.25, -0.2) is 9.59 Å². The van der Waals surface area contributed by atoms with Gasteiger partial charge in [-0.2, -0.15) is 0 Å². The molecule has 5 heteroatoms. The maximum atomic E-state index is 12.4. The summed E-state index contributed by atoms with van der Waals surface area (Å²) in [5, 5.41) is 12.3. The number of benzene rings is 1. The average Bonchev–Trinajstić information content (AvgIpc) is 2.47. The minimum atomic E-state index is -1.14. The van der Waals surface area contributed by atoms with Gasteiger partial charge in [0.15, 0.2) is 0 Å². The Hall–Kier alpha value is -2.04. The average molecular weight is 290 g/mol. The highest BCUT2D eigenvalue weighted by Gasteiger charge is 2.43. The van der Waals surface area contributed by atoms with Gasteiger partial charge in [-0.3, -0.25) is 4.90 Å². The number of nitrogens with zero attached hydrogens (tertiary/aromatic N) is 1. The second-order valence-corrected chi connectivity index (χ2v) is 5.91. The smallest absolute Gasteiger partial charge is 0.329 e. The number of carbonyl (C=O) groups is 2. The molecule has 1 aromatic carbocycles. The number of carbonyl (C=O) groups excluding carboxylic acids is 1. The topological polar surface area (TPSA) is 69.6 Å². The third-order valence-electron chi connectivity index (χ3n) is 4.20. The van der Waals surface area contributed by atoms with Crippen molar-refractivity contribution in [2.45, 2.75) is 38.1 Å². The van der Waals surface area contributed by atoms with Crippen molar-refractivity contribution in [1.29, 1.82) is 0 Å². The quantitative estimate of drug-likeness (QED) is 0.899. The fourth-order valence-electron chi connectivity index (χ4n) is 2.97. The summed E-state index contributed by atoms with van der Waals surface area (Å²) in [5.74, 6) is -0.638. The summed E-state index contributed by atoms with van der Waals surface area (Å²) in [6, 6.07) is 8.81. The molecule has 21 heavy (non-hydrogen) atoms. The minimum absolute atomic E-state index is 0.303. The Bertz CT molecular complexity index is 518. The maximum Gasteiger partial charge on any atom is 0.329 e. The van der Waals surface area contributed by atoms with Crippen LogP contribution in [0.5, 0.6) is 0 Å². The molecule has 2 rings (SSSR count). The van der Waals surface area contributed by atoms with Gasteiger partial charge in [0.1, 0.15) is 5.54 Å². The molecule has 5 nitrogen and oxygen atoms in total. The number of urea groups is 1. The molecule has 0 bridgehead atoms. The van der Waals surface area contributed by atoms with Crippen LogP contribution in [-0.4, -0.2) is 29.7 Å². The Morgan fingerprint density at radius 3 is 2.57 bits per heavy atom. The number of hydrogen-bond donors (Lipinski definition) is 2. The van der Waals surface area contributed by atoms with E-state index in [4.69, 9.17) is 0 Å². The van der Waals surface area contributed by atoms with Gasteiger partial charge < -0.3 is 10.4 Å². The lowest BCUT2D eigenvalue weighted by Crippen LogP contribution is -2.59.